The third-order valence-electron chi connectivity index (χ3n) is 11.5. The van der Waals surface area contributed by atoms with Gasteiger partial charge in [-0.2, -0.15) is 0 Å². The third-order valence-corrected chi connectivity index (χ3v) is 12.5. The van der Waals surface area contributed by atoms with Crippen molar-refractivity contribution < 1.29 is 32.9 Å². The first kappa shape index (κ1) is 60.5. The van der Waals surface area contributed by atoms with Gasteiger partial charge in [-0.3, -0.25) is 13.8 Å². The van der Waals surface area contributed by atoms with Gasteiger partial charge in [-0.25, -0.2) is 4.57 Å². The number of unbranched alkanes of at least 4 members (excludes halogenated alkanes) is 28. The van der Waals surface area contributed by atoms with Crippen molar-refractivity contribution in [2.45, 2.75) is 244 Å². The van der Waals surface area contributed by atoms with Crippen LogP contribution in [0.25, 0.3) is 0 Å². The summed E-state index contributed by atoms with van der Waals surface area (Å²) < 4.78 is 23.6. The lowest BCUT2D eigenvalue weighted by Gasteiger charge is -2.25. The highest BCUT2D eigenvalue weighted by molar-refractivity contribution is 7.47. The van der Waals surface area contributed by atoms with Crippen molar-refractivity contribution in [2.24, 2.45) is 0 Å². The van der Waals surface area contributed by atoms with Gasteiger partial charge in [0.25, 0.3) is 0 Å². The molecule has 0 aliphatic heterocycles. The number of nitrogens with one attached hydrogen (secondary N) is 1. The van der Waals surface area contributed by atoms with Crippen molar-refractivity contribution in [3.63, 3.8) is 0 Å². The monoisotopic (exact) mass is 894 g/mol. The van der Waals surface area contributed by atoms with Crippen LogP contribution in [0.3, 0.4) is 0 Å². The van der Waals surface area contributed by atoms with E-state index in [0.29, 0.717) is 17.4 Å². The maximum absolute atomic E-state index is 12.9. The lowest BCUT2D eigenvalue weighted by molar-refractivity contribution is -0.870. The number of nitrogens with zero attached hydrogens (tertiary/aromatic N) is 1. The van der Waals surface area contributed by atoms with Crippen LogP contribution in [-0.4, -0.2) is 73.4 Å². The molecule has 0 spiro atoms. The normalized spacial score (nSPS) is 14.5. The number of carbonyl (C=O) groups excluding carboxylic acids is 1. The number of hydrogen-bond acceptors (Lipinski definition) is 5. The Morgan fingerprint density at radius 2 is 0.935 bits per heavy atom. The molecule has 0 aromatic rings. The molecule has 0 bridgehead atoms. The Morgan fingerprint density at radius 3 is 1.42 bits per heavy atom. The molecule has 0 aliphatic rings. The van der Waals surface area contributed by atoms with Crippen molar-refractivity contribution in [3.05, 3.63) is 48.6 Å². The summed E-state index contributed by atoms with van der Waals surface area (Å²) in [4.78, 5) is 23.2. The van der Waals surface area contributed by atoms with Crippen molar-refractivity contribution in [1.82, 2.24) is 5.32 Å². The van der Waals surface area contributed by atoms with Crippen LogP contribution in [-0.2, 0) is 18.4 Å². The molecule has 1 amide bonds. The van der Waals surface area contributed by atoms with Gasteiger partial charge in [-0.15, -0.1) is 0 Å². The first-order valence-electron chi connectivity index (χ1n) is 26.0. The number of aliphatic hydroxyl groups excluding tert-OH is 1. The first-order chi connectivity index (χ1) is 30.0. The van der Waals surface area contributed by atoms with Crippen LogP contribution in [0.1, 0.15) is 232 Å². The first-order valence-corrected chi connectivity index (χ1v) is 27.5. The Kier molecular flexibility index (Phi) is 43.5. The van der Waals surface area contributed by atoms with E-state index in [1.54, 1.807) is 6.08 Å². The standard InChI is InChI=1S/C53H101N2O6P/c1-6-8-10-12-14-16-18-20-22-23-24-25-26-27-28-29-30-31-33-34-36-38-40-42-44-46-52(56)51(50-61-62(58,59)60-49-48-55(3,4)5)54-53(57)47-45-43-41-39-37-35-32-21-19-17-15-13-11-9-7-2/h15,17,21,32,36,38,44,46,51-52,56H,6-14,16,18-20,22-31,33-35,37,39-43,45,47-50H2,1-5H3,(H-,54,57,58,59)/p+1/b17-15-,32-21-,38-36+,46-44+. The summed E-state index contributed by atoms with van der Waals surface area (Å²) in [5, 5.41) is 13.9. The topological polar surface area (TPSA) is 105 Å². The number of rotatable bonds is 47. The second-order valence-corrected chi connectivity index (χ2v) is 20.3. The van der Waals surface area contributed by atoms with Gasteiger partial charge in [0.1, 0.15) is 13.2 Å². The van der Waals surface area contributed by atoms with Crippen LogP contribution in [0.2, 0.25) is 0 Å². The molecule has 0 aliphatic carbocycles. The van der Waals surface area contributed by atoms with Gasteiger partial charge in [0, 0.05) is 6.42 Å². The predicted octanol–water partition coefficient (Wildman–Crippen LogP) is 15.2. The minimum Gasteiger partial charge on any atom is -0.387 e. The number of aliphatic hydroxyl groups is 1. The Bertz CT molecular complexity index is 1150. The summed E-state index contributed by atoms with van der Waals surface area (Å²) in [7, 11) is 1.54. The van der Waals surface area contributed by atoms with E-state index in [0.717, 1.165) is 64.2 Å². The number of phosphoric acid groups is 1. The predicted molar refractivity (Wildman–Crippen MR) is 267 cm³/mol. The Balaban J connectivity index is 4.32. The van der Waals surface area contributed by atoms with Gasteiger partial charge < -0.3 is 19.8 Å². The molecule has 3 atom stereocenters. The zero-order valence-corrected chi connectivity index (χ0v) is 42.3. The summed E-state index contributed by atoms with van der Waals surface area (Å²) >= 11 is 0. The highest BCUT2D eigenvalue weighted by Gasteiger charge is 2.27. The van der Waals surface area contributed by atoms with E-state index >= 15 is 0 Å². The molecular formula is C53H102N2O6P+. The van der Waals surface area contributed by atoms with E-state index in [4.69, 9.17) is 9.05 Å². The molecule has 0 fully saturated rings. The number of amides is 1. The van der Waals surface area contributed by atoms with E-state index in [2.05, 4.69) is 55.6 Å². The molecule has 62 heavy (non-hydrogen) atoms. The molecule has 8 nitrogen and oxygen atoms in total. The fourth-order valence-electron chi connectivity index (χ4n) is 7.38. The molecule has 0 aromatic heterocycles. The van der Waals surface area contributed by atoms with E-state index in [-0.39, 0.29) is 19.1 Å². The molecule has 0 saturated carbocycles. The zero-order chi connectivity index (χ0) is 45.7. The number of hydrogen-bond donors (Lipinski definition) is 3. The van der Waals surface area contributed by atoms with Gasteiger partial charge in [0.05, 0.1) is 39.9 Å². The van der Waals surface area contributed by atoms with Crippen molar-refractivity contribution in [1.29, 1.82) is 0 Å². The lowest BCUT2D eigenvalue weighted by atomic mass is 10.0. The molecule has 0 heterocycles. The van der Waals surface area contributed by atoms with Crippen molar-refractivity contribution >= 4 is 13.7 Å². The number of allylic oxidation sites excluding steroid dienone is 7. The number of phosphoric ester groups is 1. The summed E-state index contributed by atoms with van der Waals surface area (Å²) in [5.74, 6) is -0.201. The molecule has 3 unspecified atom stereocenters. The van der Waals surface area contributed by atoms with E-state index in [1.807, 2.05) is 27.2 Å². The summed E-state index contributed by atoms with van der Waals surface area (Å²) in [6.07, 6.45) is 57.8. The summed E-state index contributed by atoms with van der Waals surface area (Å²) in [6.45, 7) is 4.77. The minimum absolute atomic E-state index is 0.0522. The molecule has 364 valence electrons. The van der Waals surface area contributed by atoms with Crippen LogP contribution in [0.15, 0.2) is 48.6 Å². The molecule has 0 radical (unpaired) electrons. The Morgan fingerprint density at radius 1 is 0.548 bits per heavy atom. The number of carbonyl (C=O) groups is 1. The second-order valence-electron chi connectivity index (χ2n) is 18.9. The lowest BCUT2D eigenvalue weighted by Crippen LogP contribution is -2.45. The van der Waals surface area contributed by atoms with Crippen LogP contribution in [0.4, 0.5) is 0 Å². The smallest absolute Gasteiger partial charge is 0.387 e. The van der Waals surface area contributed by atoms with Gasteiger partial charge in [-0.05, 0) is 64.2 Å². The molecule has 9 heteroatoms. The maximum Gasteiger partial charge on any atom is 0.472 e. The Labute approximate surface area is 384 Å². The Hall–Kier alpha value is -1.54. The highest BCUT2D eigenvalue weighted by atomic mass is 31.2. The second kappa shape index (κ2) is 44.7. The van der Waals surface area contributed by atoms with Crippen LogP contribution in [0.5, 0.6) is 0 Å². The van der Waals surface area contributed by atoms with Gasteiger partial charge in [0.15, 0.2) is 0 Å². The quantitative estimate of drug-likeness (QED) is 0.0243. The van der Waals surface area contributed by atoms with Crippen LogP contribution < -0.4 is 5.32 Å². The minimum atomic E-state index is -4.35. The maximum atomic E-state index is 12.9. The van der Waals surface area contributed by atoms with Gasteiger partial charge in [-0.1, -0.05) is 210 Å². The summed E-state index contributed by atoms with van der Waals surface area (Å²) in [5.41, 5.74) is 0. The van der Waals surface area contributed by atoms with Crippen molar-refractivity contribution in [2.75, 3.05) is 40.9 Å². The fourth-order valence-corrected chi connectivity index (χ4v) is 8.12. The number of quaternary nitrogens is 1. The molecule has 0 aromatic carbocycles. The highest BCUT2D eigenvalue weighted by Crippen LogP contribution is 2.43. The van der Waals surface area contributed by atoms with Crippen LogP contribution >= 0.6 is 7.82 Å². The molecular weight excluding hydrogens is 792 g/mol. The third kappa shape index (κ3) is 46.5. The van der Waals surface area contributed by atoms with E-state index in [1.165, 1.54) is 148 Å². The van der Waals surface area contributed by atoms with Gasteiger partial charge >= 0.3 is 7.82 Å². The largest absolute Gasteiger partial charge is 0.472 e. The van der Waals surface area contributed by atoms with Crippen LogP contribution in [0, 0.1) is 0 Å². The van der Waals surface area contributed by atoms with Crippen molar-refractivity contribution in [3.8, 4) is 0 Å². The van der Waals surface area contributed by atoms with E-state index < -0.39 is 20.0 Å². The SMILES string of the molecule is CCCCC/C=C\C/C=C\CCCCCCCC(=O)NC(COP(=O)(O)OCC[N+](C)(C)C)C(O)/C=C/CC/C=C/CCCCCCCCCCCCCCCCCCCCC. The number of likely N-dealkylation sites (N-methyl/N-ethyl adjacent to an activating group) is 1. The van der Waals surface area contributed by atoms with E-state index in [9.17, 15) is 19.4 Å². The average molecular weight is 894 g/mol. The van der Waals surface area contributed by atoms with Gasteiger partial charge in [0.2, 0.25) is 5.91 Å². The molecule has 3 N–H and O–H groups in total. The zero-order valence-electron chi connectivity index (χ0n) is 41.4. The summed E-state index contributed by atoms with van der Waals surface area (Å²) in [6, 6.07) is -0.871. The molecule has 0 saturated heterocycles. The molecule has 0 rings (SSSR count). The average Bonchev–Trinajstić information content (AvgIpc) is 3.23. The fraction of sp³-hybridized carbons (Fsp3) is 0.830.